The minimum absolute atomic E-state index is 0.0928. The van der Waals surface area contributed by atoms with Gasteiger partial charge in [-0.15, -0.1) is 0 Å². The molecule has 1 heterocycles. The average molecular weight is 197 g/mol. The van der Waals surface area contributed by atoms with E-state index in [9.17, 15) is 4.39 Å². The number of hydrogen-bond acceptors (Lipinski definition) is 1. The lowest BCUT2D eigenvalue weighted by atomic mass is 9.75. The van der Waals surface area contributed by atoms with Gasteiger partial charge in [0.1, 0.15) is 0 Å². The Morgan fingerprint density at radius 2 is 2.29 bits per heavy atom. The first kappa shape index (κ1) is 10.2. The molecule has 1 atom stereocenters. The van der Waals surface area contributed by atoms with Crippen LogP contribution in [0, 0.1) is 5.41 Å². The summed E-state index contributed by atoms with van der Waals surface area (Å²) in [4.78, 5) is 2.55. The van der Waals surface area contributed by atoms with Crippen molar-refractivity contribution in [1.29, 1.82) is 0 Å². The molecule has 0 aromatic carbocycles. The van der Waals surface area contributed by atoms with Gasteiger partial charge in [-0.05, 0) is 31.3 Å². The molecule has 1 aliphatic heterocycles. The van der Waals surface area contributed by atoms with Crippen LogP contribution >= 0.6 is 0 Å². The summed E-state index contributed by atoms with van der Waals surface area (Å²) >= 11 is 0. The molecule has 0 aromatic rings. The molecular weight excluding hydrogens is 177 g/mol. The van der Waals surface area contributed by atoms with Crippen LogP contribution < -0.4 is 0 Å². The summed E-state index contributed by atoms with van der Waals surface area (Å²) in [6.07, 6.45) is 5.54. The molecule has 1 saturated carbocycles. The van der Waals surface area contributed by atoms with Crippen molar-refractivity contribution in [3.63, 3.8) is 0 Å². The van der Waals surface area contributed by atoms with Crippen LogP contribution in [0.4, 0.5) is 4.39 Å². The van der Waals surface area contributed by atoms with E-state index in [0.29, 0.717) is 0 Å². The van der Waals surface area contributed by atoms with Crippen LogP contribution in [0.5, 0.6) is 0 Å². The van der Waals surface area contributed by atoms with Gasteiger partial charge in [-0.25, -0.2) is 4.39 Å². The van der Waals surface area contributed by atoms with E-state index in [-0.39, 0.29) is 5.41 Å². The zero-order chi connectivity index (χ0) is 10.2. The van der Waals surface area contributed by atoms with Gasteiger partial charge in [-0.2, -0.15) is 0 Å². The van der Waals surface area contributed by atoms with Crippen molar-refractivity contribution in [2.24, 2.45) is 5.41 Å². The van der Waals surface area contributed by atoms with E-state index in [2.05, 4.69) is 18.7 Å². The number of nitrogens with zero attached hydrogens (tertiary/aromatic N) is 1. The van der Waals surface area contributed by atoms with Crippen molar-refractivity contribution in [3.8, 4) is 0 Å². The van der Waals surface area contributed by atoms with Crippen molar-refractivity contribution in [1.82, 2.24) is 4.90 Å². The fourth-order valence-corrected chi connectivity index (χ4v) is 2.47. The van der Waals surface area contributed by atoms with Crippen molar-refractivity contribution in [3.05, 3.63) is 11.9 Å². The Balaban J connectivity index is 2.08. The minimum Gasteiger partial charge on any atom is -0.299 e. The highest BCUT2D eigenvalue weighted by Gasteiger charge is 2.39. The summed E-state index contributed by atoms with van der Waals surface area (Å²) in [5.41, 5.74) is 1.12. The van der Waals surface area contributed by atoms with Gasteiger partial charge >= 0.3 is 0 Å². The Kier molecular flexibility index (Phi) is 2.65. The third-order valence-electron chi connectivity index (χ3n) is 3.97. The SMILES string of the molecule is CC[C@]1(C)CN(C2CC2)CC/C1=C\F. The van der Waals surface area contributed by atoms with Gasteiger partial charge in [-0.1, -0.05) is 13.8 Å². The molecule has 1 aliphatic carbocycles. The standard InChI is InChI=1S/C12H20FN/c1-3-12(2)9-14(11-4-5-11)7-6-10(12)8-13/h8,11H,3-7,9H2,1-2H3/b10-8+/t12-/m1/s1. The van der Waals surface area contributed by atoms with E-state index in [0.717, 1.165) is 43.9 Å². The summed E-state index contributed by atoms with van der Waals surface area (Å²) in [5, 5.41) is 0. The monoisotopic (exact) mass is 197 g/mol. The Bertz CT molecular complexity index is 245. The molecule has 2 aliphatic rings. The molecule has 2 fully saturated rings. The highest BCUT2D eigenvalue weighted by Crippen LogP contribution is 2.41. The second-order valence-corrected chi connectivity index (χ2v) is 5.00. The fourth-order valence-electron chi connectivity index (χ4n) is 2.47. The highest BCUT2D eigenvalue weighted by molar-refractivity contribution is 5.16. The van der Waals surface area contributed by atoms with E-state index in [1.165, 1.54) is 12.8 Å². The molecule has 0 unspecified atom stereocenters. The summed E-state index contributed by atoms with van der Waals surface area (Å²) in [7, 11) is 0. The number of halogens is 1. The van der Waals surface area contributed by atoms with Crippen molar-refractivity contribution < 1.29 is 4.39 Å². The predicted octanol–water partition coefficient (Wildman–Crippen LogP) is 3.12. The van der Waals surface area contributed by atoms with E-state index < -0.39 is 0 Å². The molecule has 80 valence electrons. The van der Waals surface area contributed by atoms with Crippen LogP contribution in [-0.2, 0) is 0 Å². The summed E-state index contributed by atoms with van der Waals surface area (Å²) in [6, 6.07) is 0.821. The first-order chi connectivity index (χ1) is 6.69. The van der Waals surface area contributed by atoms with E-state index in [4.69, 9.17) is 0 Å². The Labute approximate surface area is 86.0 Å². The number of hydrogen-bond donors (Lipinski definition) is 0. The van der Waals surface area contributed by atoms with Crippen molar-refractivity contribution in [2.75, 3.05) is 13.1 Å². The topological polar surface area (TPSA) is 3.24 Å². The number of rotatable bonds is 2. The average Bonchev–Trinajstić information content (AvgIpc) is 3.01. The normalized spacial score (nSPS) is 37.8. The maximum atomic E-state index is 12.7. The van der Waals surface area contributed by atoms with Gasteiger partial charge in [0.25, 0.3) is 0 Å². The Morgan fingerprint density at radius 3 is 2.79 bits per heavy atom. The van der Waals surface area contributed by atoms with Gasteiger partial charge in [0, 0.05) is 24.5 Å². The molecule has 0 amide bonds. The van der Waals surface area contributed by atoms with Crippen LogP contribution in [0.25, 0.3) is 0 Å². The molecule has 1 nitrogen and oxygen atoms in total. The highest BCUT2D eigenvalue weighted by atomic mass is 19.1. The summed E-state index contributed by atoms with van der Waals surface area (Å²) < 4.78 is 12.7. The van der Waals surface area contributed by atoms with Crippen LogP contribution in [0.3, 0.4) is 0 Å². The third kappa shape index (κ3) is 1.72. The lowest BCUT2D eigenvalue weighted by Crippen LogP contribution is -2.43. The number of piperidine rings is 1. The van der Waals surface area contributed by atoms with Crippen LogP contribution in [0.1, 0.15) is 39.5 Å². The van der Waals surface area contributed by atoms with E-state index in [1.807, 2.05) is 0 Å². The molecule has 2 rings (SSSR count). The lowest BCUT2D eigenvalue weighted by Gasteiger charge is -2.42. The fraction of sp³-hybridized carbons (Fsp3) is 0.833. The second kappa shape index (κ2) is 3.65. The van der Waals surface area contributed by atoms with Crippen LogP contribution in [0.15, 0.2) is 11.9 Å². The quantitative estimate of drug-likeness (QED) is 0.657. The summed E-state index contributed by atoms with van der Waals surface area (Å²) in [6.45, 7) is 6.49. The Hall–Kier alpha value is -0.370. The largest absolute Gasteiger partial charge is 0.299 e. The molecular formula is C12H20FN. The van der Waals surface area contributed by atoms with E-state index in [1.54, 1.807) is 0 Å². The maximum absolute atomic E-state index is 12.7. The smallest absolute Gasteiger partial charge is 0.0865 e. The zero-order valence-corrected chi connectivity index (χ0v) is 9.22. The van der Waals surface area contributed by atoms with Gasteiger partial charge < -0.3 is 0 Å². The minimum atomic E-state index is 0.0928. The summed E-state index contributed by atoms with van der Waals surface area (Å²) in [5.74, 6) is 0. The van der Waals surface area contributed by atoms with Crippen LogP contribution in [-0.4, -0.2) is 24.0 Å². The molecule has 0 N–H and O–H groups in total. The molecule has 14 heavy (non-hydrogen) atoms. The molecule has 0 radical (unpaired) electrons. The maximum Gasteiger partial charge on any atom is 0.0865 e. The van der Waals surface area contributed by atoms with Crippen molar-refractivity contribution in [2.45, 2.75) is 45.6 Å². The van der Waals surface area contributed by atoms with Gasteiger partial charge in [0.2, 0.25) is 0 Å². The molecule has 2 heteroatoms. The van der Waals surface area contributed by atoms with E-state index >= 15 is 0 Å². The second-order valence-electron chi connectivity index (χ2n) is 5.00. The first-order valence-electron chi connectivity index (χ1n) is 5.73. The molecule has 0 bridgehead atoms. The Morgan fingerprint density at radius 1 is 1.57 bits per heavy atom. The first-order valence-corrected chi connectivity index (χ1v) is 5.73. The van der Waals surface area contributed by atoms with Crippen molar-refractivity contribution >= 4 is 0 Å². The van der Waals surface area contributed by atoms with Gasteiger partial charge in [0.15, 0.2) is 0 Å². The molecule has 1 saturated heterocycles. The van der Waals surface area contributed by atoms with Gasteiger partial charge in [-0.3, -0.25) is 4.90 Å². The third-order valence-corrected chi connectivity index (χ3v) is 3.97. The molecule has 0 spiro atoms. The van der Waals surface area contributed by atoms with Gasteiger partial charge in [0.05, 0.1) is 6.33 Å². The lowest BCUT2D eigenvalue weighted by molar-refractivity contribution is 0.140. The zero-order valence-electron chi connectivity index (χ0n) is 9.22. The number of likely N-dealkylation sites (tertiary alicyclic amines) is 1. The molecule has 0 aromatic heterocycles. The predicted molar refractivity (Wildman–Crippen MR) is 56.8 cm³/mol. The van der Waals surface area contributed by atoms with Crippen LogP contribution in [0.2, 0.25) is 0 Å².